The molecule has 166 valence electrons. The predicted molar refractivity (Wildman–Crippen MR) is 113 cm³/mol. The van der Waals surface area contributed by atoms with Crippen molar-refractivity contribution in [1.82, 2.24) is 14.1 Å². The van der Waals surface area contributed by atoms with Crippen molar-refractivity contribution >= 4 is 39.3 Å². The van der Waals surface area contributed by atoms with Crippen LogP contribution >= 0.6 is 11.6 Å². The number of sulfonamides is 1. The molecule has 0 aromatic heterocycles. The maximum Gasteiger partial charge on any atom is 0.245 e. The molecular weight excluding hydrogens is 442 g/mol. The highest BCUT2D eigenvalue weighted by atomic mass is 35.5. The van der Waals surface area contributed by atoms with Crippen molar-refractivity contribution in [2.24, 2.45) is 11.8 Å². The number of likely N-dealkylation sites (tertiary alicyclic amines) is 1. The Bertz CT molecular complexity index is 1010. The maximum absolute atomic E-state index is 13.0. The van der Waals surface area contributed by atoms with Gasteiger partial charge in [0.05, 0.1) is 16.7 Å². The number of imide groups is 1. The molecule has 0 N–H and O–H groups in total. The van der Waals surface area contributed by atoms with Gasteiger partial charge in [0.1, 0.15) is 6.04 Å². The molecule has 2 unspecified atom stereocenters. The minimum Gasteiger partial charge on any atom is -0.338 e. The number of piperazine rings is 1. The van der Waals surface area contributed by atoms with Gasteiger partial charge < -0.3 is 4.90 Å². The number of fused-ring (bicyclic) bond motifs is 1. The van der Waals surface area contributed by atoms with Gasteiger partial charge in [-0.05, 0) is 44.0 Å². The molecule has 2 fully saturated rings. The number of halogens is 1. The molecule has 0 bridgehead atoms. The number of carbonyl (C=O) groups excluding carboxylic acids is 3. The van der Waals surface area contributed by atoms with Crippen LogP contribution in [-0.2, 0) is 24.4 Å². The highest BCUT2D eigenvalue weighted by Crippen LogP contribution is 2.36. The third-order valence-electron chi connectivity index (χ3n) is 6.29. The normalized spacial score (nSPS) is 25.6. The fourth-order valence-electron chi connectivity index (χ4n) is 4.49. The number of hydrogen-bond acceptors (Lipinski definition) is 5. The molecule has 10 heteroatoms. The van der Waals surface area contributed by atoms with Crippen molar-refractivity contribution in [2.75, 3.05) is 26.2 Å². The minimum atomic E-state index is -3.68. The Labute approximate surface area is 186 Å². The second kappa shape index (κ2) is 8.37. The van der Waals surface area contributed by atoms with Gasteiger partial charge in [-0.15, -0.1) is 0 Å². The molecule has 2 aliphatic heterocycles. The van der Waals surface area contributed by atoms with Crippen molar-refractivity contribution in [3.8, 4) is 0 Å². The van der Waals surface area contributed by atoms with E-state index in [4.69, 9.17) is 11.6 Å². The maximum atomic E-state index is 13.0. The van der Waals surface area contributed by atoms with E-state index in [-0.39, 0.29) is 60.6 Å². The molecule has 4 rings (SSSR count). The summed E-state index contributed by atoms with van der Waals surface area (Å²) in [7, 11) is -3.68. The van der Waals surface area contributed by atoms with Gasteiger partial charge in [0.15, 0.2) is 0 Å². The molecule has 31 heavy (non-hydrogen) atoms. The van der Waals surface area contributed by atoms with Gasteiger partial charge in [0.25, 0.3) is 0 Å². The van der Waals surface area contributed by atoms with Gasteiger partial charge in [0, 0.05) is 31.2 Å². The number of carbonyl (C=O) groups is 3. The summed E-state index contributed by atoms with van der Waals surface area (Å²) in [6.45, 7) is 2.24. The number of hydrogen-bond donors (Lipinski definition) is 0. The second-order valence-electron chi connectivity index (χ2n) is 8.06. The smallest absolute Gasteiger partial charge is 0.245 e. The van der Waals surface area contributed by atoms with Gasteiger partial charge >= 0.3 is 0 Å². The zero-order chi connectivity index (χ0) is 22.3. The van der Waals surface area contributed by atoms with Crippen LogP contribution in [0.1, 0.15) is 19.8 Å². The summed E-state index contributed by atoms with van der Waals surface area (Å²) < 4.78 is 27.0. The first-order valence-electron chi connectivity index (χ1n) is 10.3. The molecule has 3 atom stereocenters. The lowest BCUT2D eigenvalue weighted by atomic mass is 9.85. The van der Waals surface area contributed by atoms with Gasteiger partial charge in [-0.2, -0.15) is 4.31 Å². The molecule has 1 aromatic rings. The van der Waals surface area contributed by atoms with Crippen LogP contribution in [0.15, 0.2) is 41.3 Å². The molecular formula is C21H24ClN3O5S. The number of amides is 3. The lowest BCUT2D eigenvalue weighted by Crippen LogP contribution is -2.56. The number of nitrogens with zero attached hydrogens (tertiary/aromatic N) is 3. The van der Waals surface area contributed by atoms with Gasteiger partial charge in [0.2, 0.25) is 27.7 Å². The summed E-state index contributed by atoms with van der Waals surface area (Å²) in [6, 6.07) is 5.05. The van der Waals surface area contributed by atoms with E-state index in [0.717, 1.165) is 4.90 Å². The van der Waals surface area contributed by atoms with Crippen LogP contribution in [0.25, 0.3) is 0 Å². The lowest BCUT2D eigenvalue weighted by Gasteiger charge is -2.36. The van der Waals surface area contributed by atoms with Crippen molar-refractivity contribution in [3.63, 3.8) is 0 Å². The average molecular weight is 466 g/mol. The van der Waals surface area contributed by atoms with E-state index >= 15 is 0 Å². The van der Waals surface area contributed by atoms with Crippen LogP contribution in [0.3, 0.4) is 0 Å². The Morgan fingerprint density at radius 2 is 1.48 bits per heavy atom. The summed E-state index contributed by atoms with van der Waals surface area (Å²) in [5.41, 5.74) is 0. The van der Waals surface area contributed by atoms with E-state index in [1.807, 2.05) is 12.2 Å². The van der Waals surface area contributed by atoms with E-state index < -0.39 is 16.1 Å². The lowest BCUT2D eigenvalue weighted by molar-refractivity contribution is -0.151. The topological polar surface area (TPSA) is 95.1 Å². The van der Waals surface area contributed by atoms with Crippen LogP contribution in [-0.4, -0.2) is 72.5 Å². The van der Waals surface area contributed by atoms with E-state index in [9.17, 15) is 22.8 Å². The van der Waals surface area contributed by atoms with Crippen LogP contribution in [0, 0.1) is 11.8 Å². The average Bonchev–Trinajstić information content (AvgIpc) is 3.03. The summed E-state index contributed by atoms with van der Waals surface area (Å²) in [5, 5.41) is 0.449. The van der Waals surface area contributed by atoms with Crippen LogP contribution in [0.4, 0.5) is 0 Å². The standard InChI is InChI=1S/C21H24ClN3O5S/c1-14(25-20(27)17-4-2-3-5-18(17)21(25)28)19(26)23-10-12-24(13-11-23)31(29,30)16-8-6-15(22)7-9-16/h2-3,6-9,14,17-18H,4-5,10-13H2,1H3/t14-,17?,18?/m0/s1. The highest BCUT2D eigenvalue weighted by Gasteiger charge is 2.50. The van der Waals surface area contributed by atoms with Gasteiger partial charge in [-0.25, -0.2) is 8.42 Å². The minimum absolute atomic E-state index is 0.139. The highest BCUT2D eigenvalue weighted by molar-refractivity contribution is 7.89. The summed E-state index contributed by atoms with van der Waals surface area (Å²) >= 11 is 5.84. The Hall–Kier alpha value is -2.23. The second-order valence-corrected chi connectivity index (χ2v) is 10.4. The Kier molecular flexibility index (Phi) is 5.93. The Morgan fingerprint density at radius 3 is 2.00 bits per heavy atom. The molecule has 0 saturated carbocycles. The molecule has 1 aliphatic carbocycles. The van der Waals surface area contributed by atoms with Crippen LogP contribution in [0.2, 0.25) is 5.02 Å². The van der Waals surface area contributed by atoms with Crippen molar-refractivity contribution in [2.45, 2.75) is 30.7 Å². The monoisotopic (exact) mass is 465 g/mol. The van der Waals surface area contributed by atoms with E-state index in [1.165, 1.54) is 33.5 Å². The van der Waals surface area contributed by atoms with Crippen LogP contribution < -0.4 is 0 Å². The van der Waals surface area contributed by atoms with Crippen LogP contribution in [0.5, 0.6) is 0 Å². The first kappa shape index (κ1) is 22.0. The predicted octanol–water partition coefficient (Wildman–Crippen LogP) is 1.51. The molecule has 8 nitrogen and oxygen atoms in total. The van der Waals surface area contributed by atoms with Crippen molar-refractivity contribution < 1.29 is 22.8 Å². The Balaban J connectivity index is 1.41. The molecule has 3 amide bonds. The fourth-order valence-corrected chi connectivity index (χ4v) is 6.03. The quantitative estimate of drug-likeness (QED) is 0.496. The molecule has 2 heterocycles. The molecule has 0 spiro atoms. The van der Waals surface area contributed by atoms with Gasteiger partial charge in [-0.1, -0.05) is 23.8 Å². The largest absolute Gasteiger partial charge is 0.338 e. The summed E-state index contributed by atoms with van der Waals surface area (Å²) in [4.78, 5) is 41.3. The summed E-state index contributed by atoms with van der Waals surface area (Å²) in [6.07, 6.45) is 4.85. The van der Waals surface area contributed by atoms with Gasteiger partial charge in [-0.3, -0.25) is 19.3 Å². The number of rotatable bonds is 4. The SMILES string of the molecule is C[C@@H](C(=O)N1CCN(S(=O)(=O)c2ccc(Cl)cc2)CC1)N1C(=O)C2CC=CCC2C1=O. The molecule has 0 radical (unpaired) electrons. The third-order valence-corrected chi connectivity index (χ3v) is 8.45. The summed E-state index contributed by atoms with van der Waals surface area (Å²) in [5.74, 6) is -1.67. The third kappa shape index (κ3) is 3.90. The zero-order valence-electron chi connectivity index (χ0n) is 17.1. The van der Waals surface area contributed by atoms with Crippen molar-refractivity contribution in [3.05, 3.63) is 41.4 Å². The van der Waals surface area contributed by atoms with E-state index in [2.05, 4.69) is 0 Å². The molecule has 2 saturated heterocycles. The first-order valence-corrected chi connectivity index (χ1v) is 12.1. The van der Waals surface area contributed by atoms with Crippen molar-refractivity contribution in [1.29, 1.82) is 0 Å². The number of allylic oxidation sites excluding steroid dienone is 2. The van der Waals surface area contributed by atoms with E-state index in [1.54, 1.807) is 6.92 Å². The Morgan fingerprint density at radius 1 is 0.968 bits per heavy atom. The number of benzene rings is 1. The fraction of sp³-hybridized carbons (Fsp3) is 0.476. The molecule has 3 aliphatic rings. The van der Waals surface area contributed by atoms with E-state index in [0.29, 0.717) is 17.9 Å². The zero-order valence-corrected chi connectivity index (χ0v) is 18.7. The molecule has 1 aromatic carbocycles. The first-order chi connectivity index (χ1) is 14.7.